The summed E-state index contributed by atoms with van der Waals surface area (Å²) in [5.74, 6) is -2.25. The van der Waals surface area contributed by atoms with E-state index in [1.807, 2.05) is 37.4 Å². The number of carbonyl (C=O) groups is 3. The zero-order chi connectivity index (χ0) is 19.1. The maximum atomic E-state index is 12.5. The van der Waals surface area contributed by atoms with Crippen LogP contribution in [0.1, 0.15) is 32.3 Å². The Labute approximate surface area is 152 Å². The maximum absolute atomic E-state index is 12.5. The maximum Gasteiger partial charge on any atom is 0.308 e. The van der Waals surface area contributed by atoms with Gasteiger partial charge in [-0.05, 0) is 18.1 Å². The Balaban J connectivity index is 2.09. The Bertz CT molecular complexity index is 784. The van der Waals surface area contributed by atoms with Gasteiger partial charge in [0.2, 0.25) is 11.8 Å². The molecule has 0 spiro atoms. The average Bonchev–Trinajstić information content (AvgIpc) is 3.00. The smallest absolute Gasteiger partial charge is 0.308 e. The minimum absolute atomic E-state index is 0.0476. The molecule has 1 aromatic heterocycles. The summed E-state index contributed by atoms with van der Waals surface area (Å²) >= 11 is 0. The molecule has 7 heteroatoms. The molecule has 0 saturated heterocycles. The number of fused-ring (bicyclic) bond motifs is 1. The van der Waals surface area contributed by atoms with E-state index in [1.54, 1.807) is 0 Å². The summed E-state index contributed by atoms with van der Waals surface area (Å²) in [6, 6.07) is 6.96. The van der Waals surface area contributed by atoms with Crippen LogP contribution in [0.4, 0.5) is 0 Å². The average molecular weight is 359 g/mol. The number of amides is 2. The van der Waals surface area contributed by atoms with E-state index >= 15 is 0 Å². The number of aromatic amines is 1. The molecule has 1 heterocycles. The van der Waals surface area contributed by atoms with Gasteiger partial charge >= 0.3 is 5.97 Å². The molecule has 0 aliphatic carbocycles. The molecule has 7 nitrogen and oxygen atoms in total. The van der Waals surface area contributed by atoms with Crippen LogP contribution in [0, 0.1) is 5.92 Å². The van der Waals surface area contributed by atoms with Gasteiger partial charge in [0, 0.05) is 37.0 Å². The molecule has 0 bridgehead atoms. The first kappa shape index (κ1) is 19.5. The molecule has 0 aliphatic heterocycles. The van der Waals surface area contributed by atoms with Crippen LogP contribution in [0.15, 0.2) is 30.5 Å². The third-order valence-electron chi connectivity index (χ3n) is 4.30. The van der Waals surface area contributed by atoms with Crippen molar-refractivity contribution in [3.63, 3.8) is 0 Å². The monoisotopic (exact) mass is 359 g/mol. The molecule has 0 radical (unpaired) electrons. The predicted octanol–water partition coefficient (Wildman–Crippen LogP) is 1.83. The second-order valence-electron chi connectivity index (χ2n) is 6.39. The van der Waals surface area contributed by atoms with Gasteiger partial charge < -0.3 is 20.7 Å². The van der Waals surface area contributed by atoms with Gasteiger partial charge in [0.15, 0.2) is 0 Å². The van der Waals surface area contributed by atoms with Crippen LogP contribution in [-0.4, -0.2) is 40.5 Å². The second-order valence-corrected chi connectivity index (χ2v) is 6.39. The summed E-state index contributed by atoms with van der Waals surface area (Å²) in [5.41, 5.74) is 1.87. The molecule has 2 amide bonds. The molecule has 0 fully saturated rings. The van der Waals surface area contributed by atoms with Crippen LogP contribution in [0.2, 0.25) is 0 Å². The van der Waals surface area contributed by atoms with Crippen molar-refractivity contribution in [3.8, 4) is 0 Å². The van der Waals surface area contributed by atoms with Crippen molar-refractivity contribution < 1.29 is 19.5 Å². The van der Waals surface area contributed by atoms with Crippen LogP contribution < -0.4 is 10.6 Å². The van der Waals surface area contributed by atoms with E-state index in [2.05, 4.69) is 15.6 Å². The summed E-state index contributed by atoms with van der Waals surface area (Å²) in [5, 5.41) is 15.5. The number of carboxylic acid groups (broad SMARTS) is 1. The number of nitrogens with one attached hydrogen (secondary N) is 3. The summed E-state index contributed by atoms with van der Waals surface area (Å²) in [7, 11) is 0. The molecule has 2 unspecified atom stereocenters. The van der Waals surface area contributed by atoms with Crippen LogP contribution in [0.5, 0.6) is 0 Å². The second kappa shape index (κ2) is 9.03. The van der Waals surface area contributed by atoms with Gasteiger partial charge in [-0.25, -0.2) is 0 Å². The lowest BCUT2D eigenvalue weighted by Crippen LogP contribution is -2.48. The summed E-state index contributed by atoms with van der Waals surface area (Å²) < 4.78 is 0. The van der Waals surface area contributed by atoms with Crippen molar-refractivity contribution >= 4 is 28.7 Å². The van der Waals surface area contributed by atoms with Gasteiger partial charge in [0.05, 0.1) is 5.92 Å². The lowest BCUT2D eigenvalue weighted by Gasteiger charge is -2.19. The standard InChI is InChI=1S/C19H25N3O4/c1-3-6-13(19(25)26)10-21-18(24)17(22-12(2)23)9-14-11-20-16-8-5-4-7-15(14)16/h4-5,7-8,11,13,17,20H,3,6,9-10H2,1-2H3,(H,21,24)(H,22,23)(H,25,26). The van der Waals surface area contributed by atoms with Crippen molar-refractivity contribution in [2.24, 2.45) is 5.92 Å². The Morgan fingerprint density at radius 1 is 1.23 bits per heavy atom. The molecule has 26 heavy (non-hydrogen) atoms. The van der Waals surface area contributed by atoms with Crippen molar-refractivity contribution in [2.75, 3.05) is 6.54 Å². The molecule has 0 saturated carbocycles. The quantitative estimate of drug-likeness (QED) is 0.547. The van der Waals surface area contributed by atoms with E-state index in [4.69, 9.17) is 0 Å². The molecule has 1 aromatic carbocycles. The van der Waals surface area contributed by atoms with Crippen LogP contribution in [0.3, 0.4) is 0 Å². The topological polar surface area (TPSA) is 111 Å². The fraction of sp³-hybridized carbons (Fsp3) is 0.421. The zero-order valence-corrected chi connectivity index (χ0v) is 15.0. The minimum atomic E-state index is -0.931. The highest BCUT2D eigenvalue weighted by Crippen LogP contribution is 2.19. The van der Waals surface area contributed by atoms with E-state index in [0.29, 0.717) is 12.8 Å². The molecule has 140 valence electrons. The minimum Gasteiger partial charge on any atom is -0.481 e. The summed E-state index contributed by atoms with van der Waals surface area (Å²) in [6.45, 7) is 3.30. The van der Waals surface area contributed by atoms with Gasteiger partial charge in [-0.15, -0.1) is 0 Å². The third kappa shape index (κ3) is 5.08. The zero-order valence-electron chi connectivity index (χ0n) is 15.0. The van der Waals surface area contributed by atoms with Crippen molar-refractivity contribution in [3.05, 3.63) is 36.0 Å². The molecular weight excluding hydrogens is 334 g/mol. The number of carboxylic acids is 1. The lowest BCUT2D eigenvalue weighted by atomic mass is 10.0. The fourth-order valence-corrected chi connectivity index (χ4v) is 2.98. The predicted molar refractivity (Wildman–Crippen MR) is 98.7 cm³/mol. The van der Waals surface area contributed by atoms with E-state index in [-0.39, 0.29) is 18.4 Å². The number of H-pyrrole nitrogens is 1. The van der Waals surface area contributed by atoms with E-state index in [1.165, 1.54) is 6.92 Å². The highest BCUT2D eigenvalue weighted by Gasteiger charge is 2.24. The van der Waals surface area contributed by atoms with E-state index in [9.17, 15) is 19.5 Å². The third-order valence-corrected chi connectivity index (χ3v) is 4.30. The summed E-state index contributed by atoms with van der Waals surface area (Å²) in [6.07, 6.45) is 3.35. The SMILES string of the molecule is CCCC(CNC(=O)C(Cc1c[nH]c2ccccc12)NC(C)=O)C(=O)O. The highest BCUT2D eigenvalue weighted by atomic mass is 16.4. The van der Waals surface area contributed by atoms with Gasteiger partial charge in [0.1, 0.15) is 6.04 Å². The first-order valence-corrected chi connectivity index (χ1v) is 8.75. The van der Waals surface area contributed by atoms with Crippen molar-refractivity contribution in [1.29, 1.82) is 0 Å². The molecule has 4 N–H and O–H groups in total. The van der Waals surface area contributed by atoms with Gasteiger partial charge in [-0.2, -0.15) is 0 Å². The number of carbonyl (C=O) groups excluding carboxylic acids is 2. The van der Waals surface area contributed by atoms with Crippen LogP contribution in [-0.2, 0) is 20.8 Å². The number of hydrogen-bond acceptors (Lipinski definition) is 3. The number of hydrogen-bond donors (Lipinski definition) is 4. The van der Waals surface area contributed by atoms with Gasteiger partial charge in [-0.1, -0.05) is 31.5 Å². The number of benzene rings is 1. The molecular formula is C19H25N3O4. The Morgan fingerprint density at radius 3 is 2.62 bits per heavy atom. The van der Waals surface area contributed by atoms with E-state index in [0.717, 1.165) is 22.9 Å². The van der Waals surface area contributed by atoms with Crippen molar-refractivity contribution in [2.45, 2.75) is 39.2 Å². The number of para-hydroxylation sites is 1. The molecule has 2 aromatic rings. The first-order valence-electron chi connectivity index (χ1n) is 8.75. The summed E-state index contributed by atoms with van der Waals surface area (Å²) in [4.78, 5) is 38.4. The molecule has 2 rings (SSSR count). The normalized spacial score (nSPS) is 13.2. The fourth-order valence-electron chi connectivity index (χ4n) is 2.98. The largest absolute Gasteiger partial charge is 0.481 e. The molecule has 2 atom stereocenters. The van der Waals surface area contributed by atoms with Gasteiger partial charge in [-0.3, -0.25) is 14.4 Å². The first-order chi connectivity index (χ1) is 12.4. The lowest BCUT2D eigenvalue weighted by molar-refractivity contribution is -0.142. The molecule has 0 aliphatic rings. The van der Waals surface area contributed by atoms with Crippen LogP contribution >= 0.6 is 0 Å². The number of aromatic nitrogens is 1. The Hall–Kier alpha value is -2.83. The van der Waals surface area contributed by atoms with Crippen LogP contribution in [0.25, 0.3) is 10.9 Å². The van der Waals surface area contributed by atoms with E-state index < -0.39 is 17.9 Å². The van der Waals surface area contributed by atoms with Crippen molar-refractivity contribution in [1.82, 2.24) is 15.6 Å². The number of rotatable bonds is 9. The Morgan fingerprint density at radius 2 is 1.96 bits per heavy atom. The van der Waals surface area contributed by atoms with Gasteiger partial charge in [0.25, 0.3) is 0 Å². The number of aliphatic carboxylic acids is 1. The Kier molecular flexibility index (Phi) is 6.77. The highest BCUT2D eigenvalue weighted by molar-refractivity contribution is 5.89.